The molecule has 0 bridgehead atoms. The second-order valence-electron chi connectivity index (χ2n) is 3.09. The third kappa shape index (κ3) is 3.86. The number of aliphatic hydroxyl groups is 1. The molecular formula is C7H14N2O4. The fourth-order valence-electron chi connectivity index (χ4n) is 0.496. The number of aliphatic carboxylic acids is 1. The maximum Gasteiger partial charge on any atom is 0.337 e. The fraction of sp³-hybridized carbons (Fsp3) is 0.714. The maximum atomic E-state index is 10.9. The second-order valence-corrected chi connectivity index (χ2v) is 3.09. The molecule has 6 nitrogen and oxygen atoms in total. The van der Waals surface area contributed by atoms with Crippen LogP contribution in [0.2, 0.25) is 0 Å². The van der Waals surface area contributed by atoms with Crippen molar-refractivity contribution in [1.29, 1.82) is 0 Å². The van der Waals surface area contributed by atoms with Crippen molar-refractivity contribution in [3.63, 3.8) is 0 Å². The third-order valence-electron chi connectivity index (χ3n) is 1.48. The molecule has 13 heavy (non-hydrogen) atoms. The molecule has 0 saturated heterocycles. The molecule has 0 aliphatic carbocycles. The van der Waals surface area contributed by atoms with E-state index in [1.54, 1.807) is 0 Å². The smallest absolute Gasteiger partial charge is 0.337 e. The molecule has 5 N–H and O–H groups in total. The normalized spacial score (nSPS) is 17.2. The number of nitrogens with two attached hydrogens (primary N) is 1. The van der Waals surface area contributed by atoms with Gasteiger partial charge < -0.3 is 21.3 Å². The molecule has 0 aromatic heterocycles. The summed E-state index contributed by atoms with van der Waals surface area (Å²) in [6.07, 6.45) is 0. The van der Waals surface area contributed by atoms with Crippen LogP contribution in [0, 0.1) is 0 Å². The van der Waals surface area contributed by atoms with Crippen LogP contribution in [-0.2, 0) is 9.59 Å². The molecule has 0 spiro atoms. The van der Waals surface area contributed by atoms with Gasteiger partial charge in [0.25, 0.3) is 0 Å². The molecule has 0 aromatic carbocycles. The van der Waals surface area contributed by atoms with Gasteiger partial charge in [-0.1, -0.05) is 0 Å². The van der Waals surface area contributed by atoms with E-state index >= 15 is 0 Å². The molecule has 0 aliphatic rings. The van der Waals surface area contributed by atoms with E-state index in [2.05, 4.69) is 5.32 Å². The zero-order valence-corrected chi connectivity index (χ0v) is 7.57. The van der Waals surface area contributed by atoms with Crippen molar-refractivity contribution in [1.82, 2.24) is 5.32 Å². The Balaban J connectivity index is 4.03. The van der Waals surface area contributed by atoms with Crippen LogP contribution < -0.4 is 11.1 Å². The van der Waals surface area contributed by atoms with Gasteiger partial charge in [-0.2, -0.15) is 0 Å². The Morgan fingerprint density at radius 1 is 1.62 bits per heavy atom. The Labute approximate surface area is 75.7 Å². The van der Waals surface area contributed by atoms with Crippen molar-refractivity contribution >= 4 is 11.9 Å². The van der Waals surface area contributed by atoms with E-state index in [0.717, 1.165) is 6.92 Å². The molecule has 0 rings (SSSR count). The van der Waals surface area contributed by atoms with E-state index < -0.39 is 23.5 Å². The number of hydrogen-bond acceptors (Lipinski definition) is 4. The lowest BCUT2D eigenvalue weighted by Gasteiger charge is -2.18. The van der Waals surface area contributed by atoms with Crippen LogP contribution >= 0.6 is 0 Å². The number of nitrogens with one attached hydrogen (secondary N) is 1. The lowest BCUT2D eigenvalue weighted by atomic mass is 10.1. The highest BCUT2D eigenvalue weighted by Crippen LogP contribution is 2.00. The number of carbonyl (C=O) groups excluding carboxylic acids is 1. The van der Waals surface area contributed by atoms with Gasteiger partial charge in [-0.15, -0.1) is 0 Å². The van der Waals surface area contributed by atoms with Crippen molar-refractivity contribution < 1.29 is 19.8 Å². The van der Waals surface area contributed by atoms with Gasteiger partial charge in [0.05, 0.1) is 12.6 Å². The van der Waals surface area contributed by atoms with E-state index in [1.165, 1.54) is 6.92 Å². The fourth-order valence-corrected chi connectivity index (χ4v) is 0.496. The standard InChI is InChI=1S/C7H14N2O4/c1-4(8)5(10)9-3-7(2,13)6(11)12/h4,13H,3,8H2,1-2H3,(H,9,10)(H,11,12). The molecule has 2 atom stereocenters. The minimum Gasteiger partial charge on any atom is -0.479 e. The highest BCUT2D eigenvalue weighted by Gasteiger charge is 2.30. The van der Waals surface area contributed by atoms with Gasteiger partial charge in [-0.3, -0.25) is 4.79 Å². The van der Waals surface area contributed by atoms with Crippen LogP contribution in [0.25, 0.3) is 0 Å². The molecule has 0 radical (unpaired) electrons. The van der Waals surface area contributed by atoms with Crippen LogP contribution in [-0.4, -0.2) is 40.3 Å². The molecule has 0 aromatic rings. The van der Waals surface area contributed by atoms with E-state index in [9.17, 15) is 9.59 Å². The Morgan fingerprint density at radius 3 is 2.38 bits per heavy atom. The first-order valence-electron chi connectivity index (χ1n) is 3.76. The molecular weight excluding hydrogens is 176 g/mol. The number of carbonyl (C=O) groups is 2. The lowest BCUT2D eigenvalue weighted by Crippen LogP contribution is -2.49. The zero-order valence-electron chi connectivity index (χ0n) is 7.57. The summed E-state index contributed by atoms with van der Waals surface area (Å²) in [6, 6.07) is -0.718. The van der Waals surface area contributed by atoms with Crippen molar-refractivity contribution in [3.8, 4) is 0 Å². The summed E-state index contributed by atoms with van der Waals surface area (Å²) >= 11 is 0. The maximum absolute atomic E-state index is 10.9. The first-order chi connectivity index (χ1) is 5.77. The summed E-state index contributed by atoms with van der Waals surface area (Å²) in [5.74, 6) is -1.89. The highest BCUT2D eigenvalue weighted by molar-refractivity contribution is 5.83. The number of carboxylic acid groups (broad SMARTS) is 1. The Morgan fingerprint density at radius 2 is 2.08 bits per heavy atom. The molecule has 1 amide bonds. The number of rotatable bonds is 4. The predicted octanol–water partition coefficient (Wildman–Crippen LogP) is -1.71. The summed E-state index contributed by atoms with van der Waals surface area (Å²) < 4.78 is 0. The first kappa shape index (κ1) is 11.9. The largest absolute Gasteiger partial charge is 0.479 e. The predicted molar refractivity (Wildman–Crippen MR) is 44.9 cm³/mol. The Hall–Kier alpha value is -1.14. The van der Waals surface area contributed by atoms with Crippen LogP contribution in [0.3, 0.4) is 0 Å². The van der Waals surface area contributed by atoms with Gasteiger partial charge in [-0.25, -0.2) is 4.79 Å². The van der Waals surface area contributed by atoms with E-state index in [4.69, 9.17) is 15.9 Å². The summed E-state index contributed by atoms with van der Waals surface area (Å²) in [5, 5.41) is 19.8. The van der Waals surface area contributed by atoms with Gasteiger partial charge >= 0.3 is 5.97 Å². The van der Waals surface area contributed by atoms with E-state index in [0.29, 0.717) is 0 Å². The summed E-state index contributed by atoms with van der Waals surface area (Å²) in [7, 11) is 0. The second kappa shape index (κ2) is 4.20. The van der Waals surface area contributed by atoms with Gasteiger partial charge in [-0.05, 0) is 13.8 Å². The Kier molecular flexibility index (Phi) is 3.83. The molecule has 6 heteroatoms. The van der Waals surface area contributed by atoms with Crippen LogP contribution in [0.4, 0.5) is 0 Å². The molecule has 0 fully saturated rings. The van der Waals surface area contributed by atoms with E-state index in [1.807, 2.05) is 0 Å². The van der Waals surface area contributed by atoms with Crippen molar-refractivity contribution in [2.75, 3.05) is 6.54 Å². The van der Waals surface area contributed by atoms with Crippen LogP contribution in [0.1, 0.15) is 13.8 Å². The zero-order chi connectivity index (χ0) is 10.6. The van der Waals surface area contributed by atoms with E-state index in [-0.39, 0.29) is 6.54 Å². The van der Waals surface area contributed by atoms with Crippen LogP contribution in [0.15, 0.2) is 0 Å². The molecule has 0 aliphatic heterocycles. The van der Waals surface area contributed by atoms with Gasteiger partial charge in [0.15, 0.2) is 5.60 Å². The van der Waals surface area contributed by atoms with Crippen LogP contribution in [0.5, 0.6) is 0 Å². The summed E-state index contributed by atoms with van der Waals surface area (Å²) in [6.45, 7) is 2.20. The van der Waals surface area contributed by atoms with Gasteiger partial charge in [0.2, 0.25) is 5.91 Å². The summed E-state index contributed by atoms with van der Waals surface area (Å²) in [4.78, 5) is 21.2. The molecule has 2 unspecified atom stereocenters. The number of amides is 1. The first-order valence-corrected chi connectivity index (χ1v) is 3.76. The SMILES string of the molecule is CC(N)C(=O)NCC(C)(O)C(=O)O. The minimum absolute atomic E-state index is 0.358. The number of hydrogen-bond donors (Lipinski definition) is 4. The average molecular weight is 190 g/mol. The number of carboxylic acids is 1. The molecule has 0 heterocycles. The van der Waals surface area contributed by atoms with Gasteiger partial charge in [0, 0.05) is 0 Å². The minimum atomic E-state index is -1.95. The average Bonchev–Trinajstić information content (AvgIpc) is 1.99. The van der Waals surface area contributed by atoms with Gasteiger partial charge in [0.1, 0.15) is 0 Å². The van der Waals surface area contributed by atoms with Crippen molar-refractivity contribution in [2.24, 2.45) is 5.73 Å². The Bertz CT molecular complexity index is 213. The monoisotopic (exact) mass is 190 g/mol. The lowest BCUT2D eigenvalue weighted by molar-refractivity contribution is -0.156. The molecule has 0 saturated carbocycles. The molecule has 76 valence electrons. The highest BCUT2D eigenvalue weighted by atomic mass is 16.4. The van der Waals surface area contributed by atoms with Crippen molar-refractivity contribution in [2.45, 2.75) is 25.5 Å². The summed E-state index contributed by atoms with van der Waals surface area (Å²) in [5.41, 5.74) is 3.25. The quantitative estimate of drug-likeness (QED) is 0.421. The third-order valence-corrected chi connectivity index (χ3v) is 1.48. The topological polar surface area (TPSA) is 113 Å². The van der Waals surface area contributed by atoms with Crippen molar-refractivity contribution in [3.05, 3.63) is 0 Å².